The zero-order valence-corrected chi connectivity index (χ0v) is 27.3. The fourth-order valence-electron chi connectivity index (χ4n) is 7.98. The first kappa shape index (κ1) is 35.0. The van der Waals surface area contributed by atoms with Gasteiger partial charge in [0.15, 0.2) is 0 Å². The van der Waals surface area contributed by atoms with E-state index in [1.54, 1.807) is 11.8 Å². The molecule has 1 aliphatic heterocycles. The average molecular weight is 634 g/mol. The summed E-state index contributed by atoms with van der Waals surface area (Å²) >= 11 is 0. The van der Waals surface area contributed by atoms with Gasteiger partial charge in [-0.25, -0.2) is 4.79 Å². The predicted octanol–water partition coefficient (Wildman–Crippen LogP) is 3.04. The van der Waals surface area contributed by atoms with Crippen LogP contribution in [0.15, 0.2) is 0 Å². The monoisotopic (exact) mass is 633 g/mol. The standard InChI is InChI=1S/C33H55N5O7/c1-3-45-32(43)15-17-37-21-30(40)38(16-14-31(41)42)20-24-19-26(12-13-28(24)37)34-29(39)18-23-8-10-25(11-9-23)35-33(44)36-27-7-5-4-6-22(27)2/h22-28H,3-21H2,1-2H3,(H,34,39)(H,41,42)(H2,35,36,44). The molecule has 5 unspecified atom stereocenters. The Balaban J connectivity index is 1.24. The highest BCUT2D eigenvalue weighted by atomic mass is 16.5. The second-order valence-corrected chi connectivity index (χ2v) is 13.8. The smallest absolute Gasteiger partial charge is 0.315 e. The minimum atomic E-state index is -0.946. The number of urea groups is 1. The molecule has 1 saturated heterocycles. The van der Waals surface area contributed by atoms with Gasteiger partial charge in [-0.2, -0.15) is 0 Å². The van der Waals surface area contributed by atoms with Gasteiger partial charge in [0.1, 0.15) is 0 Å². The maximum absolute atomic E-state index is 13.1. The number of rotatable bonds is 12. The van der Waals surface area contributed by atoms with Gasteiger partial charge in [-0.05, 0) is 82.5 Å². The Labute approximate surface area is 267 Å². The van der Waals surface area contributed by atoms with E-state index in [2.05, 4.69) is 27.8 Å². The summed E-state index contributed by atoms with van der Waals surface area (Å²) in [5.74, 6) is -0.441. The van der Waals surface area contributed by atoms with Crippen LogP contribution in [0.3, 0.4) is 0 Å². The van der Waals surface area contributed by atoms with E-state index in [0.717, 1.165) is 44.9 Å². The van der Waals surface area contributed by atoms with Crippen LogP contribution in [0.25, 0.3) is 0 Å². The molecule has 0 spiro atoms. The summed E-state index contributed by atoms with van der Waals surface area (Å²) in [6, 6.07) is 0.406. The first-order chi connectivity index (χ1) is 21.6. The Morgan fingerprint density at radius 3 is 2.33 bits per heavy atom. The van der Waals surface area contributed by atoms with Crippen molar-refractivity contribution in [3.8, 4) is 0 Å². The zero-order chi connectivity index (χ0) is 32.3. The lowest BCUT2D eigenvalue weighted by Crippen LogP contribution is -2.50. The van der Waals surface area contributed by atoms with Crippen LogP contribution in [-0.2, 0) is 23.9 Å². The molecule has 5 atom stereocenters. The van der Waals surface area contributed by atoms with Gasteiger partial charge >= 0.3 is 18.0 Å². The molecule has 4 N–H and O–H groups in total. The third-order valence-corrected chi connectivity index (χ3v) is 10.5. The quantitative estimate of drug-likeness (QED) is 0.239. The van der Waals surface area contributed by atoms with Crippen LogP contribution < -0.4 is 16.0 Å². The zero-order valence-electron chi connectivity index (χ0n) is 27.3. The molecule has 0 radical (unpaired) electrons. The van der Waals surface area contributed by atoms with Gasteiger partial charge < -0.3 is 30.7 Å². The number of carboxylic acid groups (broad SMARTS) is 1. The molecule has 12 nitrogen and oxygen atoms in total. The fourth-order valence-corrected chi connectivity index (χ4v) is 7.98. The molecule has 4 rings (SSSR count). The van der Waals surface area contributed by atoms with Gasteiger partial charge in [0.05, 0.1) is 26.0 Å². The van der Waals surface area contributed by atoms with E-state index in [9.17, 15) is 29.1 Å². The number of esters is 1. The molecular weight excluding hydrogens is 578 g/mol. The van der Waals surface area contributed by atoms with E-state index in [-0.39, 0.29) is 79.8 Å². The summed E-state index contributed by atoms with van der Waals surface area (Å²) in [7, 11) is 0. The molecule has 3 saturated carbocycles. The molecule has 4 aliphatic rings. The van der Waals surface area contributed by atoms with Crippen LogP contribution in [0, 0.1) is 17.8 Å². The van der Waals surface area contributed by atoms with Gasteiger partial charge in [0, 0.05) is 50.2 Å². The van der Waals surface area contributed by atoms with Gasteiger partial charge in [-0.3, -0.25) is 24.1 Å². The van der Waals surface area contributed by atoms with E-state index >= 15 is 0 Å². The second kappa shape index (κ2) is 17.1. The molecule has 254 valence electrons. The minimum absolute atomic E-state index is 0.0101. The Morgan fingerprint density at radius 2 is 1.62 bits per heavy atom. The van der Waals surface area contributed by atoms with Crippen LogP contribution in [0.1, 0.15) is 104 Å². The van der Waals surface area contributed by atoms with Gasteiger partial charge in [-0.1, -0.05) is 19.8 Å². The Hall–Kier alpha value is -2.89. The summed E-state index contributed by atoms with van der Waals surface area (Å²) in [5.41, 5.74) is 0. The highest BCUT2D eigenvalue weighted by molar-refractivity contribution is 5.80. The maximum atomic E-state index is 13.1. The Morgan fingerprint density at radius 1 is 0.889 bits per heavy atom. The second-order valence-electron chi connectivity index (χ2n) is 13.8. The highest BCUT2D eigenvalue weighted by Gasteiger charge is 2.40. The Kier molecular flexibility index (Phi) is 13.3. The number of nitrogens with one attached hydrogen (secondary N) is 3. The first-order valence-corrected chi connectivity index (χ1v) is 17.4. The molecule has 4 fully saturated rings. The van der Waals surface area contributed by atoms with Crippen molar-refractivity contribution in [1.82, 2.24) is 25.8 Å². The molecule has 0 aromatic heterocycles. The number of carbonyl (C=O) groups is 5. The van der Waals surface area contributed by atoms with E-state index in [1.807, 2.05) is 0 Å². The van der Waals surface area contributed by atoms with E-state index in [0.29, 0.717) is 44.4 Å². The number of carbonyl (C=O) groups excluding carboxylic acids is 4. The summed E-state index contributed by atoms with van der Waals surface area (Å²) in [5, 5.41) is 18.8. The minimum Gasteiger partial charge on any atom is -0.481 e. The van der Waals surface area contributed by atoms with Crippen molar-refractivity contribution in [2.45, 2.75) is 128 Å². The van der Waals surface area contributed by atoms with Crippen molar-refractivity contribution in [2.75, 3.05) is 32.8 Å². The number of nitrogens with zero attached hydrogens (tertiary/aromatic N) is 2. The van der Waals surface area contributed by atoms with Crippen LogP contribution >= 0.6 is 0 Å². The fraction of sp³-hybridized carbons (Fsp3) is 0.848. The van der Waals surface area contributed by atoms with E-state index < -0.39 is 5.97 Å². The topological polar surface area (TPSA) is 157 Å². The number of amides is 4. The van der Waals surface area contributed by atoms with E-state index in [1.165, 1.54) is 19.3 Å². The van der Waals surface area contributed by atoms with Crippen molar-refractivity contribution in [3.63, 3.8) is 0 Å². The third-order valence-electron chi connectivity index (χ3n) is 10.5. The van der Waals surface area contributed by atoms with Gasteiger partial charge in [0.2, 0.25) is 11.8 Å². The Bertz CT molecular complexity index is 1030. The van der Waals surface area contributed by atoms with Crippen LogP contribution in [0.4, 0.5) is 4.79 Å². The molecule has 1 heterocycles. The summed E-state index contributed by atoms with van der Waals surface area (Å²) in [6.45, 7) is 5.45. The summed E-state index contributed by atoms with van der Waals surface area (Å²) in [6.07, 6.45) is 11.0. The lowest BCUT2D eigenvalue weighted by molar-refractivity contribution is -0.144. The lowest BCUT2D eigenvalue weighted by atomic mass is 9.80. The lowest BCUT2D eigenvalue weighted by Gasteiger charge is -2.41. The van der Waals surface area contributed by atoms with Crippen molar-refractivity contribution < 1.29 is 33.8 Å². The first-order valence-electron chi connectivity index (χ1n) is 17.4. The molecule has 3 aliphatic carbocycles. The largest absolute Gasteiger partial charge is 0.481 e. The summed E-state index contributed by atoms with van der Waals surface area (Å²) < 4.78 is 5.10. The molecule has 4 amide bonds. The van der Waals surface area contributed by atoms with E-state index in [4.69, 9.17) is 4.74 Å². The maximum Gasteiger partial charge on any atom is 0.315 e. The number of carboxylic acids is 1. The highest BCUT2D eigenvalue weighted by Crippen LogP contribution is 2.33. The van der Waals surface area contributed by atoms with Crippen LogP contribution in [0.2, 0.25) is 0 Å². The number of aliphatic carboxylic acids is 1. The predicted molar refractivity (Wildman–Crippen MR) is 168 cm³/mol. The molecule has 12 heteroatoms. The normalized spacial score (nSPS) is 30.8. The third kappa shape index (κ3) is 10.9. The SMILES string of the molecule is CCOC(=O)CCN1CC(=O)N(CCC(=O)O)CC2CC(NC(=O)CC3CCC(NC(=O)NC4CCCCC4C)CC3)CCC21. The molecule has 0 aromatic rings. The van der Waals surface area contributed by atoms with Gasteiger partial charge in [-0.15, -0.1) is 0 Å². The molecule has 45 heavy (non-hydrogen) atoms. The summed E-state index contributed by atoms with van der Waals surface area (Å²) in [4.78, 5) is 65.8. The van der Waals surface area contributed by atoms with Crippen molar-refractivity contribution in [1.29, 1.82) is 0 Å². The number of ether oxygens (including phenoxy) is 1. The van der Waals surface area contributed by atoms with Crippen molar-refractivity contribution in [3.05, 3.63) is 0 Å². The molecule has 0 bridgehead atoms. The van der Waals surface area contributed by atoms with Crippen LogP contribution in [0.5, 0.6) is 0 Å². The van der Waals surface area contributed by atoms with Crippen molar-refractivity contribution >= 4 is 29.8 Å². The van der Waals surface area contributed by atoms with Crippen LogP contribution in [-0.4, -0.2) is 102 Å². The number of hydrogen-bond acceptors (Lipinski definition) is 7. The van der Waals surface area contributed by atoms with Gasteiger partial charge in [0.25, 0.3) is 0 Å². The van der Waals surface area contributed by atoms with Crippen molar-refractivity contribution in [2.24, 2.45) is 17.8 Å². The average Bonchev–Trinajstić information content (AvgIpc) is 3.12. The molecular formula is C33H55N5O7. The number of hydrogen-bond donors (Lipinski definition) is 4. The molecule has 0 aromatic carbocycles. The number of fused-ring (bicyclic) bond motifs is 1.